The number of hydrogen-bond donors (Lipinski definition) is 1. The largest absolute Gasteiger partial charge is 0.383 e. The lowest BCUT2D eigenvalue weighted by Gasteiger charge is -2.18. The van der Waals surface area contributed by atoms with Crippen LogP contribution in [0.5, 0.6) is 0 Å². The summed E-state index contributed by atoms with van der Waals surface area (Å²) in [5, 5.41) is 2.02. The summed E-state index contributed by atoms with van der Waals surface area (Å²) in [5.41, 5.74) is 3.36. The second-order valence-corrected chi connectivity index (χ2v) is 8.44. The van der Waals surface area contributed by atoms with Crippen molar-refractivity contribution in [3.05, 3.63) is 70.1 Å². The highest BCUT2D eigenvalue weighted by molar-refractivity contribution is 7.99. The van der Waals surface area contributed by atoms with E-state index in [1.54, 1.807) is 23.9 Å². The summed E-state index contributed by atoms with van der Waals surface area (Å²) in [6, 6.07) is 13.1. The molecule has 2 aromatic carbocycles. The maximum Gasteiger partial charge on any atom is 0.262 e. The highest BCUT2D eigenvalue weighted by Gasteiger charge is 2.19. The topological polar surface area (TPSA) is 77.0 Å². The van der Waals surface area contributed by atoms with E-state index in [1.165, 1.54) is 17.3 Å². The van der Waals surface area contributed by atoms with Gasteiger partial charge in [-0.05, 0) is 31.0 Å². The van der Waals surface area contributed by atoms with E-state index < -0.39 is 0 Å². The monoisotopic (exact) mass is 435 g/mol. The Kier molecular flexibility index (Phi) is 6.25. The molecule has 0 radical (unpaired) electrons. The number of ketones is 1. The molecular formula is C24H25N3O3S. The number of benzene rings is 2. The Morgan fingerprint density at radius 3 is 2.74 bits per heavy atom. The van der Waals surface area contributed by atoms with Gasteiger partial charge in [0.15, 0.2) is 10.9 Å². The van der Waals surface area contributed by atoms with Crippen LogP contribution in [0, 0.1) is 0 Å². The second kappa shape index (κ2) is 9.08. The van der Waals surface area contributed by atoms with Gasteiger partial charge < -0.3 is 9.72 Å². The number of Topliss-reactive ketones (excluding diaryl/α,β-unsaturated/α-hetero) is 1. The predicted octanol–water partition coefficient (Wildman–Crippen LogP) is 4.62. The molecular weight excluding hydrogens is 410 g/mol. The van der Waals surface area contributed by atoms with Crippen LogP contribution < -0.4 is 5.56 Å². The first-order valence-electron chi connectivity index (χ1n) is 10.3. The summed E-state index contributed by atoms with van der Waals surface area (Å²) in [5.74, 6) is 0.186. The number of rotatable bonds is 8. The van der Waals surface area contributed by atoms with Gasteiger partial charge in [0.1, 0.15) is 0 Å². The number of ether oxygens (including phenoxy) is 1. The number of methoxy groups -OCH3 is 1. The van der Waals surface area contributed by atoms with Gasteiger partial charge in [0, 0.05) is 29.8 Å². The fourth-order valence-corrected chi connectivity index (χ4v) is 4.86. The zero-order valence-corrected chi connectivity index (χ0v) is 18.7. The van der Waals surface area contributed by atoms with E-state index in [1.807, 2.05) is 37.3 Å². The Morgan fingerprint density at radius 1 is 1.19 bits per heavy atom. The maximum atomic E-state index is 13.1. The molecule has 0 amide bonds. The molecule has 2 aromatic heterocycles. The highest BCUT2D eigenvalue weighted by atomic mass is 32.2. The standard InChI is InChI=1S/C24H25N3O3S/c1-4-16-8-7-10-17-19(12-25-22(16)17)21(28)14-31-24-26-20-11-6-5-9-18(20)23(29)27(24)15(2)13-30-3/h5-12,15,25H,4,13-14H2,1-3H3. The number of para-hydroxylation sites is 2. The number of nitrogens with zero attached hydrogens (tertiary/aromatic N) is 2. The van der Waals surface area contributed by atoms with Crippen LogP contribution in [-0.4, -0.2) is 39.8 Å². The average Bonchev–Trinajstić information content (AvgIpc) is 3.22. The molecule has 1 unspecified atom stereocenters. The van der Waals surface area contributed by atoms with Gasteiger partial charge in [-0.1, -0.05) is 49.0 Å². The smallest absolute Gasteiger partial charge is 0.262 e. The summed E-state index contributed by atoms with van der Waals surface area (Å²) in [6.07, 6.45) is 2.67. The first-order chi connectivity index (χ1) is 15.0. The van der Waals surface area contributed by atoms with E-state index in [2.05, 4.69) is 18.0 Å². The molecule has 0 bridgehead atoms. The molecule has 7 heteroatoms. The Hall–Kier alpha value is -2.90. The lowest BCUT2D eigenvalue weighted by Crippen LogP contribution is -2.28. The number of fused-ring (bicyclic) bond motifs is 2. The fraction of sp³-hybridized carbons (Fsp3) is 0.292. The van der Waals surface area contributed by atoms with Crippen molar-refractivity contribution in [2.45, 2.75) is 31.5 Å². The molecule has 4 rings (SSSR count). The van der Waals surface area contributed by atoms with Gasteiger partial charge in [0.2, 0.25) is 0 Å². The second-order valence-electron chi connectivity index (χ2n) is 7.50. The number of aryl methyl sites for hydroxylation is 1. The van der Waals surface area contributed by atoms with Crippen LogP contribution in [0.2, 0.25) is 0 Å². The molecule has 31 heavy (non-hydrogen) atoms. The number of carbonyl (C=O) groups excluding carboxylic acids is 1. The van der Waals surface area contributed by atoms with E-state index >= 15 is 0 Å². The molecule has 1 N–H and O–H groups in total. The molecule has 160 valence electrons. The minimum atomic E-state index is -0.201. The van der Waals surface area contributed by atoms with Crippen LogP contribution >= 0.6 is 11.8 Å². The van der Waals surface area contributed by atoms with Crippen LogP contribution in [0.1, 0.15) is 35.8 Å². The number of aromatic nitrogens is 3. The number of nitrogens with one attached hydrogen (secondary N) is 1. The van der Waals surface area contributed by atoms with Gasteiger partial charge in [0.25, 0.3) is 5.56 Å². The Bertz CT molecular complexity index is 1310. The summed E-state index contributed by atoms with van der Waals surface area (Å²) in [7, 11) is 1.61. The Morgan fingerprint density at radius 2 is 1.97 bits per heavy atom. The number of carbonyl (C=O) groups is 1. The Balaban J connectivity index is 1.68. The van der Waals surface area contributed by atoms with E-state index in [4.69, 9.17) is 9.72 Å². The van der Waals surface area contributed by atoms with Crippen molar-refractivity contribution in [1.29, 1.82) is 0 Å². The van der Waals surface area contributed by atoms with Gasteiger partial charge >= 0.3 is 0 Å². The average molecular weight is 436 g/mol. The fourth-order valence-electron chi connectivity index (χ4n) is 3.88. The summed E-state index contributed by atoms with van der Waals surface area (Å²) in [6.45, 7) is 4.39. The summed E-state index contributed by atoms with van der Waals surface area (Å²) in [4.78, 5) is 34.2. The predicted molar refractivity (Wildman–Crippen MR) is 125 cm³/mol. The van der Waals surface area contributed by atoms with E-state index in [-0.39, 0.29) is 23.1 Å². The van der Waals surface area contributed by atoms with Gasteiger partial charge in [0.05, 0.1) is 29.3 Å². The maximum absolute atomic E-state index is 13.1. The number of thioether (sulfide) groups is 1. The van der Waals surface area contributed by atoms with E-state index in [9.17, 15) is 9.59 Å². The van der Waals surface area contributed by atoms with Crippen molar-refractivity contribution < 1.29 is 9.53 Å². The number of H-pyrrole nitrogens is 1. The lowest BCUT2D eigenvalue weighted by molar-refractivity contribution is 0.102. The van der Waals surface area contributed by atoms with Crippen molar-refractivity contribution in [3.8, 4) is 0 Å². The van der Waals surface area contributed by atoms with Crippen LogP contribution in [0.4, 0.5) is 0 Å². The van der Waals surface area contributed by atoms with E-state index in [0.29, 0.717) is 28.2 Å². The normalized spacial score (nSPS) is 12.5. The van der Waals surface area contributed by atoms with Crippen molar-refractivity contribution in [3.63, 3.8) is 0 Å². The zero-order valence-electron chi connectivity index (χ0n) is 17.8. The number of hydrogen-bond acceptors (Lipinski definition) is 5. The molecule has 0 spiro atoms. The zero-order chi connectivity index (χ0) is 22.0. The highest BCUT2D eigenvalue weighted by Crippen LogP contribution is 2.26. The quantitative estimate of drug-likeness (QED) is 0.248. The van der Waals surface area contributed by atoms with Crippen molar-refractivity contribution >= 4 is 39.4 Å². The minimum absolute atomic E-state index is 0.00199. The molecule has 6 nitrogen and oxygen atoms in total. The minimum Gasteiger partial charge on any atom is -0.383 e. The molecule has 0 aliphatic heterocycles. The van der Waals surface area contributed by atoms with Crippen molar-refractivity contribution in [2.24, 2.45) is 0 Å². The third-order valence-corrected chi connectivity index (χ3v) is 6.39. The molecule has 0 fully saturated rings. The first-order valence-corrected chi connectivity index (χ1v) is 11.3. The molecule has 0 saturated heterocycles. The van der Waals surface area contributed by atoms with E-state index in [0.717, 1.165) is 17.3 Å². The first kappa shape index (κ1) is 21.3. The van der Waals surface area contributed by atoms with Crippen LogP contribution in [0.15, 0.2) is 58.6 Å². The van der Waals surface area contributed by atoms with Crippen LogP contribution in [-0.2, 0) is 11.2 Å². The lowest BCUT2D eigenvalue weighted by atomic mass is 10.1. The molecule has 0 aliphatic rings. The molecule has 4 aromatic rings. The van der Waals surface area contributed by atoms with Crippen molar-refractivity contribution in [2.75, 3.05) is 19.5 Å². The molecule has 1 atom stereocenters. The summed E-state index contributed by atoms with van der Waals surface area (Å²) < 4.78 is 6.90. The Labute approximate surface area is 184 Å². The molecule has 2 heterocycles. The third kappa shape index (κ3) is 4.03. The SMILES string of the molecule is CCc1cccc2c(C(=O)CSc3nc4ccccc4c(=O)n3C(C)COC)c[nH]c12. The molecule has 0 aliphatic carbocycles. The van der Waals surface area contributed by atoms with Gasteiger partial charge in [-0.15, -0.1) is 0 Å². The van der Waals surface area contributed by atoms with Crippen LogP contribution in [0.25, 0.3) is 21.8 Å². The molecule has 0 saturated carbocycles. The van der Waals surface area contributed by atoms with Gasteiger partial charge in [-0.2, -0.15) is 0 Å². The van der Waals surface area contributed by atoms with Gasteiger partial charge in [-0.25, -0.2) is 4.98 Å². The summed E-state index contributed by atoms with van der Waals surface area (Å²) >= 11 is 1.29. The van der Waals surface area contributed by atoms with Crippen molar-refractivity contribution in [1.82, 2.24) is 14.5 Å². The number of aromatic amines is 1. The van der Waals surface area contributed by atoms with Crippen LogP contribution in [0.3, 0.4) is 0 Å². The van der Waals surface area contributed by atoms with Gasteiger partial charge in [-0.3, -0.25) is 14.2 Å². The third-order valence-electron chi connectivity index (χ3n) is 5.44.